The van der Waals surface area contributed by atoms with Gasteiger partial charge in [-0.1, -0.05) is 6.92 Å². The van der Waals surface area contributed by atoms with Gasteiger partial charge in [0, 0.05) is 10.7 Å². The molecule has 6 nitrogen and oxygen atoms in total. The van der Waals surface area contributed by atoms with Crippen molar-refractivity contribution in [1.82, 2.24) is 10.2 Å². The number of aryl methyl sites for hydroxylation is 1. The molecule has 0 saturated carbocycles. The number of aromatic amines is 1. The summed E-state index contributed by atoms with van der Waals surface area (Å²) < 4.78 is 22.2. The number of nitrogens with zero attached hydrogens (tertiary/aromatic N) is 1. The molecular formula is C6H8ClN3O3S. The number of nitrogens with two attached hydrogens (primary N) is 1. The molecule has 0 saturated heterocycles. The lowest BCUT2D eigenvalue weighted by Crippen LogP contribution is -2.14. The van der Waals surface area contributed by atoms with Crippen LogP contribution >= 0.6 is 10.7 Å². The summed E-state index contributed by atoms with van der Waals surface area (Å²) >= 11 is 0. The highest BCUT2D eigenvalue weighted by atomic mass is 35.7. The fraction of sp³-hybridized carbons (Fsp3) is 0.333. The molecule has 1 aromatic rings. The highest BCUT2D eigenvalue weighted by molar-refractivity contribution is 8.13. The molecule has 0 aromatic carbocycles. The molecule has 0 unspecified atom stereocenters. The molecule has 0 aliphatic carbocycles. The van der Waals surface area contributed by atoms with Crippen LogP contribution in [0.1, 0.15) is 23.1 Å². The molecular weight excluding hydrogens is 230 g/mol. The van der Waals surface area contributed by atoms with E-state index in [-0.39, 0.29) is 16.3 Å². The van der Waals surface area contributed by atoms with Gasteiger partial charge in [-0.05, 0) is 6.42 Å². The van der Waals surface area contributed by atoms with E-state index in [1.54, 1.807) is 6.92 Å². The molecule has 0 aliphatic heterocycles. The molecule has 0 atom stereocenters. The third-order valence-corrected chi connectivity index (χ3v) is 3.01. The van der Waals surface area contributed by atoms with Gasteiger partial charge in [-0.3, -0.25) is 9.89 Å². The van der Waals surface area contributed by atoms with Gasteiger partial charge in [-0.2, -0.15) is 5.10 Å². The van der Waals surface area contributed by atoms with Crippen LogP contribution in [0.15, 0.2) is 4.90 Å². The second-order valence-corrected chi connectivity index (χ2v) is 5.04. The van der Waals surface area contributed by atoms with Crippen molar-refractivity contribution in [1.29, 1.82) is 0 Å². The maximum Gasteiger partial charge on any atom is 0.270 e. The smallest absolute Gasteiger partial charge is 0.270 e. The van der Waals surface area contributed by atoms with Crippen molar-refractivity contribution in [3.8, 4) is 0 Å². The van der Waals surface area contributed by atoms with Crippen molar-refractivity contribution >= 4 is 25.6 Å². The van der Waals surface area contributed by atoms with Gasteiger partial charge >= 0.3 is 0 Å². The number of halogens is 1. The van der Waals surface area contributed by atoms with E-state index in [0.29, 0.717) is 6.42 Å². The van der Waals surface area contributed by atoms with Crippen LogP contribution in [0.2, 0.25) is 0 Å². The Morgan fingerprint density at radius 1 is 1.64 bits per heavy atom. The molecule has 0 radical (unpaired) electrons. The van der Waals surface area contributed by atoms with Gasteiger partial charge < -0.3 is 5.73 Å². The number of hydrogen-bond donors (Lipinski definition) is 2. The molecule has 1 amide bonds. The van der Waals surface area contributed by atoms with Gasteiger partial charge in [-0.25, -0.2) is 8.42 Å². The minimum absolute atomic E-state index is 0.272. The van der Waals surface area contributed by atoms with E-state index in [1.807, 2.05) is 0 Å². The summed E-state index contributed by atoms with van der Waals surface area (Å²) in [5, 5.41) is 5.89. The Kier molecular flexibility index (Phi) is 2.81. The van der Waals surface area contributed by atoms with Crippen molar-refractivity contribution in [3.05, 3.63) is 11.4 Å². The summed E-state index contributed by atoms with van der Waals surface area (Å²) in [5.74, 6) is -0.930. The quantitative estimate of drug-likeness (QED) is 0.722. The number of carbonyl (C=O) groups excluding carboxylic acids is 1. The standard InChI is InChI=1S/C6H8ClN3O3S/c1-2-3-5(14(7,12)13)4(6(8)11)10-9-3/h2H2,1H3,(H2,8,11)(H,9,10). The first-order valence-electron chi connectivity index (χ1n) is 3.69. The first kappa shape index (κ1) is 11.0. The van der Waals surface area contributed by atoms with Crippen molar-refractivity contribution in [2.45, 2.75) is 18.2 Å². The minimum Gasteiger partial charge on any atom is -0.364 e. The summed E-state index contributed by atoms with van der Waals surface area (Å²) in [5.41, 5.74) is 4.86. The lowest BCUT2D eigenvalue weighted by Gasteiger charge is -1.96. The average Bonchev–Trinajstić information content (AvgIpc) is 2.45. The first-order valence-corrected chi connectivity index (χ1v) is 6.00. The van der Waals surface area contributed by atoms with E-state index < -0.39 is 15.0 Å². The van der Waals surface area contributed by atoms with Crippen molar-refractivity contribution < 1.29 is 13.2 Å². The zero-order valence-corrected chi connectivity index (χ0v) is 8.82. The summed E-state index contributed by atoms with van der Waals surface area (Å²) in [6, 6.07) is 0. The third kappa shape index (κ3) is 1.88. The number of carbonyl (C=O) groups is 1. The van der Waals surface area contributed by atoms with E-state index in [0.717, 1.165) is 0 Å². The Balaban J connectivity index is 3.50. The lowest BCUT2D eigenvalue weighted by atomic mass is 10.3. The predicted octanol–water partition coefficient (Wildman–Crippen LogP) is -0.00150. The first-order chi connectivity index (χ1) is 6.38. The Morgan fingerprint density at radius 3 is 2.57 bits per heavy atom. The molecule has 8 heteroatoms. The normalized spacial score (nSPS) is 11.6. The molecule has 0 bridgehead atoms. The molecule has 3 N–H and O–H groups in total. The molecule has 0 spiro atoms. The topological polar surface area (TPSA) is 106 Å². The fourth-order valence-electron chi connectivity index (χ4n) is 1.04. The number of aromatic nitrogens is 2. The molecule has 1 rings (SSSR count). The zero-order chi connectivity index (χ0) is 10.9. The second-order valence-electron chi connectivity index (χ2n) is 2.54. The molecule has 1 aromatic heterocycles. The van der Waals surface area contributed by atoms with Crippen LogP contribution in [-0.4, -0.2) is 24.5 Å². The van der Waals surface area contributed by atoms with Crippen LogP contribution in [0.25, 0.3) is 0 Å². The number of primary amides is 1. The van der Waals surface area contributed by atoms with Crippen LogP contribution in [0.3, 0.4) is 0 Å². The number of H-pyrrole nitrogens is 1. The molecule has 0 aliphatic rings. The SMILES string of the molecule is CCc1[nH]nc(C(N)=O)c1S(=O)(=O)Cl. The maximum absolute atomic E-state index is 11.1. The van der Waals surface area contributed by atoms with Crippen LogP contribution in [0.4, 0.5) is 0 Å². The summed E-state index contributed by atoms with van der Waals surface area (Å²) in [4.78, 5) is 10.5. The van der Waals surface area contributed by atoms with Crippen LogP contribution < -0.4 is 5.73 Å². The van der Waals surface area contributed by atoms with Gasteiger partial charge in [-0.15, -0.1) is 0 Å². The molecule has 1 heterocycles. The van der Waals surface area contributed by atoms with Crippen LogP contribution in [0.5, 0.6) is 0 Å². The van der Waals surface area contributed by atoms with E-state index >= 15 is 0 Å². The second kappa shape index (κ2) is 3.58. The van der Waals surface area contributed by atoms with Crippen LogP contribution in [0, 0.1) is 0 Å². The zero-order valence-electron chi connectivity index (χ0n) is 7.24. The minimum atomic E-state index is -4.00. The average molecular weight is 238 g/mol. The van der Waals surface area contributed by atoms with Crippen LogP contribution in [-0.2, 0) is 15.5 Å². The number of amides is 1. The van der Waals surface area contributed by atoms with Gasteiger partial charge in [0.25, 0.3) is 15.0 Å². The van der Waals surface area contributed by atoms with Crippen molar-refractivity contribution in [3.63, 3.8) is 0 Å². The highest BCUT2D eigenvalue weighted by Crippen LogP contribution is 2.22. The predicted molar refractivity (Wildman–Crippen MR) is 49.5 cm³/mol. The summed E-state index contributed by atoms with van der Waals surface area (Å²) in [6.45, 7) is 1.70. The lowest BCUT2D eigenvalue weighted by molar-refractivity contribution is 0.0992. The monoisotopic (exact) mass is 237 g/mol. The van der Waals surface area contributed by atoms with Gasteiger partial charge in [0.2, 0.25) is 0 Å². The number of nitrogens with one attached hydrogen (secondary N) is 1. The Bertz CT molecular complexity index is 465. The van der Waals surface area contributed by atoms with E-state index in [1.165, 1.54) is 0 Å². The summed E-state index contributed by atoms with van der Waals surface area (Å²) in [7, 11) is 1.14. The molecule has 14 heavy (non-hydrogen) atoms. The largest absolute Gasteiger partial charge is 0.364 e. The van der Waals surface area contributed by atoms with Gasteiger partial charge in [0.05, 0.1) is 5.69 Å². The van der Waals surface area contributed by atoms with Crippen molar-refractivity contribution in [2.24, 2.45) is 5.73 Å². The fourth-order valence-corrected chi connectivity index (χ4v) is 2.40. The van der Waals surface area contributed by atoms with Gasteiger partial charge in [0.1, 0.15) is 4.90 Å². The summed E-state index contributed by atoms with van der Waals surface area (Å²) in [6.07, 6.45) is 0.363. The Hall–Kier alpha value is -1.08. The van der Waals surface area contributed by atoms with E-state index in [9.17, 15) is 13.2 Å². The Morgan fingerprint density at radius 2 is 2.21 bits per heavy atom. The maximum atomic E-state index is 11.1. The third-order valence-electron chi connectivity index (χ3n) is 1.62. The number of rotatable bonds is 3. The Labute approximate surface area is 84.9 Å². The molecule has 0 fully saturated rings. The highest BCUT2D eigenvalue weighted by Gasteiger charge is 2.26. The van der Waals surface area contributed by atoms with E-state index in [4.69, 9.17) is 16.4 Å². The molecule has 78 valence electrons. The van der Waals surface area contributed by atoms with E-state index in [2.05, 4.69) is 10.2 Å². The number of hydrogen-bond acceptors (Lipinski definition) is 4. The van der Waals surface area contributed by atoms with Crippen molar-refractivity contribution in [2.75, 3.05) is 0 Å². The van der Waals surface area contributed by atoms with Gasteiger partial charge in [0.15, 0.2) is 5.69 Å².